The second kappa shape index (κ2) is 20.8. The largest absolute Gasteiger partial charge is 0.445 e. The molecule has 0 spiro atoms. The second-order valence-electron chi connectivity index (χ2n) is 15.7. The molecule has 14 heteroatoms. The first-order chi connectivity index (χ1) is 30.5. The summed E-state index contributed by atoms with van der Waals surface area (Å²) in [5, 5.41) is 3.39. The van der Waals surface area contributed by atoms with Gasteiger partial charge in [0.15, 0.2) is 17.3 Å². The van der Waals surface area contributed by atoms with Crippen molar-refractivity contribution in [1.29, 1.82) is 0 Å². The van der Waals surface area contributed by atoms with E-state index >= 15 is 0 Å². The number of nitrogens with one attached hydrogen (secondary N) is 1. The molecule has 13 nitrogen and oxygen atoms in total. The summed E-state index contributed by atoms with van der Waals surface area (Å²) in [7, 11) is 0. The average molecular weight is 869 g/mol. The summed E-state index contributed by atoms with van der Waals surface area (Å²) in [6.07, 6.45) is -0.558. The quantitative estimate of drug-likeness (QED) is 0.0436. The number of carbonyl (C=O) groups excluding carboxylic acids is 4. The number of alkyl carbamates (subject to hydrolysis) is 1. The molecule has 7 rings (SSSR count). The first kappa shape index (κ1) is 44.2. The highest BCUT2D eigenvalue weighted by Crippen LogP contribution is 2.30. The van der Waals surface area contributed by atoms with E-state index in [2.05, 4.69) is 15.3 Å². The van der Waals surface area contributed by atoms with Crippen molar-refractivity contribution < 1.29 is 33.1 Å². The normalized spacial score (nSPS) is 15.7. The molecule has 1 aromatic heterocycles. The number of guanidine groups is 1. The van der Waals surface area contributed by atoms with Crippen molar-refractivity contribution in [3.63, 3.8) is 0 Å². The maximum Gasteiger partial charge on any atom is 0.408 e. The number of aryl methyl sites for hydroxylation is 2. The molecule has 0 radical (unpaired) electrons. The molecule has 2 amide bonds. The number of likely N-dealkylation sites (tertiary alicyclic amines) is 1. The van der Waals surface area contributed by atoms with E-state index in [-0.39, 0.29) is 63.1 Å². The number of hydrogen-bond acceptors (Lipinski definition) is 9. The summed E-state index contributed by atoms with van der Waals surface area (Å²) >= 11 is 6.13. The van der Waals surface area contributed by atoms with Gasteiger partial charge in [0.2, 0.25) is 11.7 Å². The number of amides is 2. The molecule has 5 aromatic carbocycles. The van der Waals surface area contributed by atoms with Crippen LogP contribution in [-0.2, 0) is 45.1 Å². The van der Waals surface area contributed by atoms with Crippen molar-refractivity contribution in [1.82, 2.24) is 15.2 Å². The van der Waals surface area contributed by atoms with Crippen molar-refractivity contribution in [2.24, 2.45) is 22.4 Å². The fourth-order valence-electron chi connectivity index (χ4n) is 7.76. The first-order valence-electron chi connectivity index (χ1n) is 20.8. The maximum absolute atomic E-state index is 14.8. The molecule has 63 heavy (non-hydrogen) atoms. The Morgan fingerprint density at radius 1 is 0.857 bits per heavy atom. The van der Waals surface area contributed by atoms with Crippen LogP contribution in [0.2, 0.25) is 5.02 Å². The van der Waals surface area contributed by atoms with Gasteiger partial charge in [-0.25, -0.2) is 14.8 Å². The molecule has 0 bridgehead atoms. The summed E-state index contributed by atoms with van der Waals surface area (Å²) in [5.41, 5.74) is 16.9. The number of nitrogens with zero attached hydrogens (tertiary/aromatic N) is 3. The average Bonchev–Trinajstić information content (AvgIpc) is 3.93. The molecule has 0 aliphatic carbocycles. The summed E-state index contributed by atoms with van der Waals surface area (Å²) in [4.78, 5) is 67.5. The predicted molar refractivity (Wildman–Crippen MR) is 240 cm³/mol. The standard InChI is InChI=1S/C49H49ClN6O7/c1-31-24-35(19-22-39(31)54-48(51)52)25-36(45(58)46-53-40-14-8-9-15-44(40)63-46)26-43(57)42-27-38(61-29-34-16-20-37(50)21-17-34)28-56(42)47(59)41(23-18-32-10-4-2-5-11-32)55-49(60)62-30-33-12-6-3-7-13-33/h2-17,19-22,24,36,38,41-42H,18,23,25-30H2,1H3,(H,55,60)(H4,51,52,54)/t36?,38-,41-,42+/m1/s1. The molecular weight excluding hydrogens is 820 g/mol. The van der Waals surface area contributed by atoms with Crippen molar-refractivity contribution >= 4 is 57.9 Å². The third-order valence-corrected chi connectivity index (χ3v) is 11.3. The van der Waals surface area contributed by atoms with E-state index in [0.29, 0.717) is 28.2 Å². The van der Waals surface area contributed by atoms with Gasteiger partial charge >= 0.3 is 6.09 Å². The number of aromatic nitrogens is 1. The number of rotatable bonds is 18. The Bertz CT molecular complexity index is 2530. The highest BCUT2D eigenvalue weighted by atomic mass is 35.5. The van der Waals surface area contributed by atoms with E-state index in [9.17, 15) is 19.2 Å². The van der Waals surface area contributed by atoms with Crippen molar-refractivity contribution in [2.45, 2.75) is 70.4 Å². The lowest BCUT2D eigenvalue weighted by atomic mass is 9.87. The minimum absolute atomic E-state index is 0.00372. The number of oxazole rings is 1. The van der Waals surface area contributed by atoms with Crippen LogP contribution in [0.3, 0.4) is 0 Å². The number of carbonyl (C=O) groups is 4. The monoisotopic (exact) mass is 868 g/mol. The highest BCUT2D eigenvalue weighted by Gasteiger charge is 2.43. The maximum atomic E-state index is 14.8. The number of nitrogens with two attached hydrogens (primary N) is 2. The van der Waals surface area contributed by atoms with Gasteiger partial charge < -0.3 is 35.6 Å². The second-order valence-corrected chi connectivity index (χ2v) is 16.1. The van der Waals surface area contributed by atoms with E-state index in [4.69, 9.17) is 37.0 Å². The van der Waals surface area contributed by atoms with Gasteiger partial charge in [-0.1, -0.05) is 109 Å². The smallest absolute Gasteiger partial charge is 0.408 e. The number of ether oxygens (including phenoxy) is 2. The molecule has 6 aromatic rings. The van der Waals surface area contributed by atoms with Gasteiger partial charge in [0.05, 0.1) is 24.4 Å². The summed E-state index contributed by atoms with van der Waals surface area (Å²) in [5.74, 6) is -2.41. The topological polar surface area (TPSA) is 192 Å². The molecule has 1 fully saturated rings. The van der Waals surface area contributed by atoms with Gasteiger partial charge in [-0.15, -0.1) is 0 Å². The molecule has 4 atom stereocenters. The van der Waals surface area contributed by atoms with Crippen LogP contribution in [0.4, 0.5) is 10.5 Å². The highest BCUT2D eigenvalue weighted by molar-refractivity contribution is 6.30. The number of fused-ring (bicyclic) bond motifs is 1. The van der Waals surface area contributed by atoms with E-state index in [1.54, 1.807) is 48.5 Å². The van der Waals surface area contributed by atoms with Crippen LogP contribution in [-0.4, -0.2) is 64.1 Å². The van der Waals surface area contributed by atoms with Crippen molar-refractivity contribution in [3.8, 4) is 0 Å². The summed E-state index contributed by atoms with van der Waals surface area (Å²) in [6, 6.07) is 36.5. The molecule has 1 unspecified atom stereocenters. The van der Waals surface area contributed by atoms with E-state index in [1.165, 1.54) is 4.90 Å². The molecular formula is C49H49ClN6O7. The molecule has 2 heterocycles. The Labute approximate surface area is 370 Å². The van der Waals surface area contributed by atoms with Gasteiger partial charge in [-0.2, -0.15) is 0 Å². The lowest BCUT2D eigenvalue weighted by Gasteiger charge is -2.29. The van der Waals surface area contributed by atoms with Crippen LogP contribution in [0.5, 0.6) is 0 Å². The Kier molecular flexibility index (Phi) is 14.6. The van der Waals surface area contributed by atoms with Crippen molar-refractivity contribution in [3.05, 3.63) is 166 Å². The molecule has 5 N–H and O–H groups in total. The number of hydrogen-bond donors (Lipinski definition) is 3. The summed E-state index contributed by atoms with van der Waals surface area (Å²) in [6.45, 7) is 2.13. The number of ketones is 2. The number of Topliss-reactive ketones (excluding diaryl/α,β-unsaturated/α-hetero) is 2. The number of benzene rings is 5. The molecule has 1 aliphatic rings. The zero-order valence-electron chi connectivity index (χ0n) is 34.8. The van der Waals surface area contributed by atoms with Gasteiger partial charge in [-0.3, -0.25) is 14.4 Å². The van der Waals surface area contributed by atoms with E-state index in [0.717, 1.165) is 27.8 Å². The third-order valence-electron chi connectivity index (χ3n) is 11.0. The molecule has 0 saturated carbocycles. The van der Waals surface area contributed by atoms with Gasteiger partial charge in [-0.05, 0) is 84.3 Å². The molecule has 324 valence electrons. The minimum Gasteiger partial charge on any atom is -0.445 e. The Morgan fingerprint density at radius 2 is 1.52 bits per heavy atom. The van der Waals surface area contributed by atoms with Crippen LogP contribution < -0.4 is 16.8 Å². The van der Waals surface area contributed by atoms with Gasteiger partial charge in [0, 0.05) is 30.3 Å². The number of halogens is 1. The summed E-state index contributed by atoms with van der Waals surface area (Å²) < 4.78 is 17.8. The lowest BCUT2D eigenvalue weighted by Crippen LogP contribution is -2.52. The van der Waals surface area contributed by atoms with Crippen molar-refractivity contribution in [2.75, 3.05) is 6.54 Å². The Balaban J connectivity index is 1.17. The Hall–Kier alpha value is -6.83. The number of para-hydroxylation sites is 2. The fourth-order valence-corrected chi connectivity index (χ4v) is 7.89. The van der Waals surface area contributed by atoms with Crippen LogP contribution in [0, 0.1) is 12.8 Å². The predicted octanol–water partition coefficient (Wildman–Crippen LogP) is 7.81. The van der Waals surface area contributed by atoms with E-state index < -0.39 is 41.9 Å². The van der Waals surface area contributed by atoms with E-state index in [1.807, 2.05) is 85.8 Å². The Morgan fingerprint density at radius 3 is 2.22 bits per heavy atom. The zero-order valence-corrected chi connectivity index (χ0v) is 35.6. The van der Waals surface area contributed by atoms with Gasteiger partial charge in [0.1, 0.15) is 18.2 Å². The van der Waals surface area contributed by atoms with Gasteiger partial charge in [0.25, 0.3) is 5.89 Å². The zero-order chi connectivity index (χ0) is 44.3. The van der Waals surface area contributed by atoms with Crippen LogP contribution in [0.25, 0.3) is 11.1 Å². The lowest BCUT2D eigenvalue weighted by molar-refractivity contribution is -0.139. The minimum atomic E-state index is -1.05. The SMILES string of the molecule is Cc1cc(CC(CC(=O)[C@@H]2C[C@@H](OCc3ccc(Cl)cc3)CN2C(=O)[C@@H](CCc2ccccc2)NC(=O)OCc2ccccc2)C(=O)c2nc3ccccc3o2)ccc1N=C(N)N. The van der Waals surface area contributed by atoms with Crippen LogP contribution in [0.15, 0.2) is 137 Å². The molecule has 1 aliphatic heterocycles. The van der Waals surface area contributed by atoms with Crippen LogP contribution >= 0.6 is 11.6 Å². The van der Waals surface area contributed by atoms with Crippen LogP contribution in [0.1, 0.15) is 57.8 Å². The fraction of sp³-hybridized carbons (Fsp3) is 0.265. The first-order valence-corrected chi connectivity index (χ1v) is 21.2. The molecule has 1 saturated heterocycles. The number of aliphatic imine (C=N–C) groups is 1. The third kappa shape index (κ3) is 12.0.